The molecule has 1 heterocycles. The van der Waals surface area contributed by atoms with E-state index in [0.29, 0.717) is 5.92 Å². The van der Waals surface area contributed by atoms with Crippen molar-refractivity contribution in [3.63, 3.8) is 0 Å². The summed E-state index contributed by atoms with van der Waals surface area (Å²) in [6.45, 7) is 8.06. The van der Waals surface area contributed by atoms with Gasteiger partial charge < -0.3 is 11.1 Å². The molecule has 0 saturated carbocycles. The van der Waals surface area contributed by atoms with Crippen LogP contribution in [0.3, 0.4) is 0 Å². The maximum Gasteiger partial charge on any atom is 0.0897 e. The lowest BCUT2D eigenvalue weighted by molar-refractivity contribution is 0.459. The number of rotatable bonds is 5. The van der Waals surface area contributed by atoms with Crippen molar-refractivity contribution in [2.24, 2.45) is 11.7 Å². The maximum atomic E-state index is 5.91. The summed E-state index contributed by atoms with van der Waals surface area (Å²) in [6, 6.07) is 0.240. The van der Waals surface area contributed by atoms with Crippen LogP contribution in [-0.4, -0.2) is 17.6 Å². The van der Waals surface area contributed by atoms with Gasteiger partial charge in [-0.1, -0.05) is 13.8 Å². The summed E-state index contributed by atoms with van der Waals surface area (Å²) in [5, 5.41) is 4.46. The number of aromatic nitrogens is 1. The lowest BCUT2D eigenvalue weighted by Gasteiger charge is -2.15. The smallest absolute Gasteiger partial charge is 0.0897 e. The topological polar surface area (TPSA) is 50.9 Å². The van der Waals surface area contributed by atoms with Crippen LogP contribution in [0, 0.1) is 12.8 Å². The summed E-state index contributed by atoms with van der Waals surface area (Å²) in [7, 11) is 0. The number of aryl methyl sites for hydroxylation is 1. The average Bonchev–Trinajstić information content (AvgIpc) is 2.51. The molecule has 0 saturated heterocycles. The molecule has 14 heavy (non-hydrogen) atoms. The number of nitrogens with one attached hydrogen (secondary N) is 1. The number of nitrogens with zero attached hydrogens (tertiary/aromatic N) is 1. The van der Waals surface area contributed by atoms with Crippen molar-refractivity contribution in [3.05, 3.63) is 16.1 Å². The largest absolute Gasteiger partial charge is 0.326 e. The summed E-state index contributed by atoms with van der Waals surface area (Å²) in [6.07, 6.45) is 1.92. The Morgan fingerprint density at radius 3 is 2.79 bits per heavy atom. The van der Waals surface area contributed by atoms with Crippen LogP contribution in [0.25, 0.3) is 0 Å². The number of thiazole rings is 1. The van der Waals surface area contributed by atoms with Crippen LogP contribution in [0.2, 0.25) is 0 Å². The quantitative estimate of drug-likeness (QED) is 0.780. The molecule has 1 unspecified atom stereocenters. The summed E-state index contributed by atoms with van der Waals surface area (Å²) in [5.74, 6) is 0.533. The Kier molecular flexibility index (Phi) is 4.51. The summed E-state index contributed by atoms with van der Waals surface area (Å²) >= 11 is 1.73. The highest BCUT2D eigenvalue weighted by molar-refractivity contribution is 7.11. The van der Waals surface area contributed by atoms with Gasteiger partial charge in [0.05, 0.1) is 5.01 Å². The van der Waals surface area contributed by atoms with Crippen molar-refractivity contribution in [2.75, 3.05) is 6.54 Å². The lowest BCUT2D eigenvalue weighted by Crippen LogP contribution is -2.37. The highest BCUT2D eigenvalue weighted by Gasteiger charge is 2.06. The van der Waals surface area contributed by atoms with E-state index in [4.69, 9.17) is 5.73 Å². The van der Waals surface area contributed by atoms with E-state index < -0.39 is 0 Å². The van der Waals surface area contributed by atoms with Gasteiger partial charge in [0.15, 0.2) is 0 Å². The highest BCUT2D eigenvalue weighted by Crippen LogP contribution is 2.10. The molecular formula is C10H19N3S. The molecule has 1 aromatic heterocycles. The molecule has 3 nitrogen and oxygen atoms in total. The fourth-order valence-electron chi connectivity index (χ4n) is 1.08. The van der Waals surface area contributed by atoms with E-state index in [0.717, 1.165) is 18.1 Å². The predicted molar refractivity (Wildman–Crippen MR) is 61.4 cm³/mol. The van der Waals surface area contributed by atoms with Gasteiger partial charge in [0.2, 0.25) is 0 Å². The van der Waals surface area contributed by atoms with Gasteiger partial charge in [-0.15, -0.1) is 11.3 Å². The zero-order valence-corrected chi connectivity index (χ0v) is 9.90. The molecule has 1 rings (SSSR count). The van der Waals surface area contributed by atoms with Gasteiger partial charge in [0.1, 0.15) is 0 Å². The molecule has 0 aliphatic heterocycles. The van der Waals surface area contributed by atoms with Crippen LogP contribution in [-0.2, 0) is 6.54 Å². The SMILES string of the molecule is Cc1ncc(CNCC(N)C(C)C)s1. The Bertz CT molecular complexity index is 270. The average molecular weight is 213 g/mol. The standard InChI is InChI=1S/C10H19N3S/c1-7(2)10(11)6-12-4-9-5-13-8(3)14-9/h5,7,10,12H,4,6,11H2,1-3H3. The molecule has 0 aliphatic carbocycles. The Labute approximate surface area is 89.7 Å². The monoisotopic (exact) mass is 213 g/mol. The van der Waals surface area contributed by atoms with Crippen molar-refractivity contribution in [2.45, 2.75) is 33.4 Å². The molecule has 0 radical (unpaired) electrons. The van der Waals surface area contributed by atoms with E-state index in [1.165, 1.54) is 4.88 Å². The highest BCUT2D eigenvalue weighted by atomic mass is 32.1. The molecule has 0 aromatic carbocycles. The van der Waals surface area contributed by atoms with Crippen molar-refractivity contribution >= 4 is 11.3 Å². The molecule has 1 aromatic rings. The lowest BCUT2D eigenvalue weighted by atomic mass is 10.1. The second-order valence-corrected chi connectivity index (χ2v) is 5.20. The first-order chi connectivity index (χ1) is 6.59. The van der Waals surface area contributed by atoms with E-state index in [1.54, 1.807) is 11.3 Å². The van der Waals surface area contributed by atoms with Gasteiger partial charge >= 0.3 is 0 Å². The van der Waals surface area contributed by atoms with E-state index in [2.05, 4.69) is 24.1 Å². The molecule has 1 atom stereocenters. The molecule has 0 fully saturated rings. The molecule has 80 valence electrons. The minimum atomic E-state index is 0.240. The number of hydrogen-bond acceptors (Lipinski definition) is 4. The van der Waals surface area contributed by atoms with Crippen LogP contribution >= 0.6 is 11.3 Å². The Hall–Kier alpha value is -0.450. The van der Waals surface area contributed by atoms with Crippen LogP contribution in [0.15, 0.2) is 6.20 Å². The second kappa shape index (κ2) is 5.44. The van der Waals surface area contributed by atoms with Crippen LogP contribution < -0.4 is 11.1 Å². The molecule has 0 amide bonds. The Morgan fingerprint density at radius 1 is 1.57 bits per heavy atom. The van der Waals surface area contributed by atoms with E-state index in [9.17, 15) is 0 Å². The van der Waals surface area contributed by atoms with Gasteiger partial charge in [-0.3, -0.25) is 0 Å². The second-order valence-electron chi connectivity index (χ2n) is 3.88. The zero-order valence-electron chi connectivity index (χ0n) is 9.08. The minimum absolute atomic E-state index is 0.240. The first-order valence-corrected chi connectivity index (χ1v) is 5.79. The third-order valence-electron chi connectivity index (χ3n) is 2.20. The van der Waals surface area contributed by atoms with Gasteiger partial charge in [-0.05, 0) is 12.8 Å². The van der Waals surface area contributed by atoms with Gasteiger partial charge in [-0.25, -0.2) is 4.98 Å². The molecule has 0 spiro atoms. The van der Waals surface area contributed by atoms with Crippen molar-refractivity contribution in [1.82, 2.24) is 10.3 Å². The maximum absolute atomic E-state index is 5.91. The first kappa shape index (κ1) is 11.6. The van der Waals surface area contributed by atoms with Crippen LogP contribution in [0.1, 0.15) is 23.7 Å². The summed E-state index contributed by atoms with van der Waals surface area (Å²) in [4.78, 5) is 5.47. The number of hydrogen-bond donors (Lipinski definition) is 2. The van der Waals surface area contributed by atoms with E-state index >= 15 is 0 Å². The van der Waals surface area contributed by atoms with E-state index in [1.807, 2.05) is 13.1 Å². The minimum Gasteiger partial charge on any atom is -0.326 e. The molecule has 4 heteroatoms. The number of nitrogens with two attached hydrogens (primary N) is 1. The zero-order chi connectivity index (χ0) is 10.6. The molecule has 0 aliphatic rings. The normalized spacial score (nSPS) is 13.5. The summed E-state index contributed by atoms with van der Waals surface area (Å²) in [5.41, 5.74) is 5.91. The van der Waals surface area contributed by atoms with E-state index in [-0.39, 0.29) is 6.04 Å². The third-order valence-corrected chi connectivity index (χ3v) is 3.12. The van der Waals surface area contributed by atoms with Gasteiger partial charge in [-0.2, -0.15) is 0 Å². The van der Waals surface area contributed by atoms with Crippen molar-refractivity contribution in [3.8, 4) is 0 Å². The van der Waals surface area contributed by atoms with Gasteiger partial charge in [0.25, 0.3) is 0 Å². The molecular weight excluding hydrogens is 194 g/mol. The van der Waals surface area contributed by atoms with Crippen LogP contribution in [0.5, 0.6) is 0 Å². The fourth-order valence-corrected chi connectivity index (χ4v) is 1.85. The first-order valence-electron chi connectivity index (χ1n) is 4.97. The summed E-state index contributed by atoms with van der Waals surface area (Å²) < 4.78 is 0. The predicted octanol–water partition coefficient (Wildman–Crippen LogP) is 1.52. The molecule has 0 bridgehead atoms. The Morgan fingerprint density at radius 2 is 2.29 bits per heavy atom. The fraction of sp³-hybridized carbons (Fsp3) is 0.700. The van der Waals surface area contributed by atoms with Crippen molar-refractivity contribution < 1.29 is 0 Å². The van der Waals surface area contributed by atoms with Crippen molar-refractivity contribution in [1.29, 1.82) is 0 Å². The molecule has 3 N–H and O–H groups in total. The third kappa shape index (κ3) is 3.74. The van der Waals surface area contributed by atoms with Crippen LogP contribution in [0.4, 0.5) is 0 Å². The Balaban J connectivity index is 2.22. The van der Waals surface area contributed by atoms with Gasteiger partial charge in [0, 0.05) is 30.2 Å².